The van der Waals surface area contributed by atoms with Crippen LogP contribution in [0.1, 0.15) is 46.9 Å². The molecule has 0 atom stereocenters. The molecule has 0 radical (unpaired) electrons. The number of carboxylic acid groups (broad SMARTS) is 1. The van der Waals surface area contributed by atoms with Crippen LogP contribution in [0.2, 0.25) is 0 Å². The molecule has 2 aromatic heterocycles. The maximum absolute atomic E-state index is 13.8. The molecule has 0 saturated carbocycles. The van der Waals surface area contributed by atoms with Gasteiger partial charge in [0.15, 0.2) is 0 Å². The van der Waals surface area contributed by atoms with Gasteiger partial charge in [-0.3, -0.25) is 14.2 Å². The van der Waals surface area contributed by atoms with Crippen LogP contribution in [0.4, 0.5) is 13.2 Å². The van der Waals surface area contributed by atoms with Gasteiger partial charge in [0.2, 0.25) is 0 Å². The number of aromatic nitrogens is 3. The van der Waals surface area contributed by atoms with Crippen LogP contribution in [0.5, 0.6) is 0 Å². The zero-order valence-electron chi connectivity index (χ0n) is 25.6. The third-order valence-corrected chi connectivity index (χ3v) is 7.87. The number of carbonyl (C=O) groups excluding carboxylic acids is 2. The van der Waals surface area contributed by atoms with Gasteiger partial charge in [-0.2, -0.15) is 23.5 Å². The van der Waals surface area contributed by atoms with Crippen molar-refractivity contribution >= 4 is 11.9 Å². The van der Waals surface area contributed by atoms with E-state index in [4.69, 9.17) is 15.2 Å². The molecule has 1 aliphatic rings. The summed E-state index contributed by atoms with van der Waals surface area (Å²) in [6, 6.07) is 16.4. The van der Waals surface area contributed by atoms with E-state index in [9.17, 15) is 22.8 Å². The number of likely N-dealkylation sites (N-methyl/N-ethyl adjacent to an activating group) is 1. The van der Waals surface area contributed by atoms with Gasteiger partial charge in [0.1, 0.15) is 5.56 Å². The molecule has 5 rings (SSSR count). The van der Waals surface area contributed by atoms with Crippen molar-refractivity contribution in [2.45, 2.75) is 32.9 Å². The molecule has 1 aliphatic heterocycles. The first-order chi connectivity index (χ1) is 21.7. The van der Waals surface area contributed by atoms with Crippen molar-refractivity contribution in [3.05, 3.63) is 99.6 Å². The fraction of sp³-hybridized carbons (Fsp3) is 0.303. The summed E-state index contributed by atoms with van der Waals surface area (Å²) in [5, 5.41) is 25.3. The van der Waals surface area contributed by atoms with E-state index in [-0.39, 0.29) is 11.3 Å². The van der Waals surface area contributed by atoms with E-state index in [0.29, 0.717) is 41.3 Å². The minimum absolute atomic E-state index is 0.0113. The molecule has 1 N–H and O–H groups in total. The number of nitrogens with zero attached hydrogens (tertiary/aromatic N) is 5. The SMILES string of the molecule is CC(=O)[O-].Cc1c(-c2ccnn2-c2ccc(C#N)cc2)cc(C(=O)NCC[N+]2(C)CCCC2)c(=O)n1-c1cccc(C(F)(F)F)c1. The van der Waals surface area contributed by atoms with Gasteiger partial charge >= 0.3 is 6.18 Å². The van der Waals surface area contributed by atoms with Gasteiger partial charge in [-0.25, -0.2) is 4.68 Å². The Bertz CT molecular complexity index is 1830. The smallest absolute Gasteiger partial charge is 0.416 e. The molecule has 13 heteroatoms. The number of halogens is 3. The Labute approximate surface area is 263 Å². The van der Waals surface area contributed by atoms with Gasteiger partial charge in [-0.1, -0.05) is 6.07 Å². The first kappa shape index (κ1) is 33.7. The van der Waals surface area contributed by atoms with E-state index >= 15 is 0 Å². The summed E-state index contributed by atoms with van der Waals surface area (Å²) < 4.78 is 44.4. The minimum Gasteiger partial charge on any atom is -0.550 e. The predicted molar refractivity (Wildman–Crippen MR) is 162 cm³/mol. The van der Waals surface area contributed by atoms with Crippen LogP contribution in [0.3, 0.4) is 0 Å². The molecule has 0 bridgehead atoms. The number of nitriles is 1. The molecule has 1 amide bonds. The molecule has 2 aromatic carbocycles. The van der Waals surface area contributed by atoms with Crippen LogP contribution in [-0.4, -0.2) is 63.9 Å². The number of aliphatic carboxylic acids is 1. The van der Waals surface area contributed by atoms with E-state index in [2.05, 4.69) is 23.5 Å². The molecule has 3 heterocycles. The molecule has 10 nitrogen and oxygen atoms in total. The summed E-state index contributed by atoms with van der Waals surface area (Å²) in [5.74, 6) is -1.68. The van der Waals surface area contributed by atoms with Crippen molar-refractivity contribution in [2.24, 2.45) is 0 Å². The first-order valence-corrected chi connectivity index (χ1v) is 14.5. The fourth-order valence-corrected chi connectivity index (χ4v) is 5.51. The number of pyridine rings is 1. The van der Waals surface area contributed by atoms with E-state index in [0.717, 1.165) is 54.0 Å². The van der Waals surface area contributed by atoms with Crippen molar-refractivity contribution in [1.29, 1.82) is 5.26 Å². The predicted octanol–water partition coefficient (Wildman–Crippen LogP) is 3.62. The van der Waals surface area contributed by atoms with E-state index in [1.165, 1.54) is 18.2 Å². The van der Waals surface area contributed by atoms with Crippen molar-refractivity contribution in [3.63, 3.8) is 0 Å². The van der Waals surface area contributed by atoms with Crippen molar-refractivity contribution < 1.29 is 32.3 Å². The highest BCUT2D eigenvalue weighted by molar-refractivity contribution is 5.95. The number of carboxylic acids is 1. The molecular weight excluding hydrogens is 601 g/mol. The molecule has 0 unspecified atom stereocenters. The number of likely N-dealkylation sites (tertiary alicyclic amines) is 1. The van der Waals surface area contributed by atoms with Gasteiger partial charge in [-0.15, -0.1) is 0 Å². The summed E-state index contributed by atoms with van der Waals surface area (Å²) >= 11 is 0. The Morgan fingerprint density at radius 1 is 1.07 bits per heavy atom. The van der Waals surface area contributed by atoms with Crippen LogP contribution in [-0.2, 0) is 11.0 Å². The fourth-order valence-electron chi connectivity index (χ4n) is 5.51. The quantitative estimate of drug-likeness (QED) is 0.309. The van der Waals surface area contributed by atoms with Crippen molar-refractivity contribution in [2.75, 3.05) is 33.2 Å². The van der Waals surface area contributed by atoms with E-state index in [1.807, 2.05) is 0 Å². The van der Waals surface area contributed by atoms with Crippen molar-refractivity contribution in [1.82, 2.24) is 19.7 Å². The summed E-state index contributed by atoms with van der Waals surface area (Å²) in [7, 11) is 2.13. The lowest BCUT2D eigenvalue weighted by Crippen LogP contribution is -2.46. The average Bonchev–Trinajstić information content (AvgIpc) is 3.66. The topological polar surface area (TPSA) is 133 Å². The number of hydrogen-bond donors (Lipinski definition) is 1. The lowest BCUT2D eigenvalue weighted by atomic mass is 10.0. The third kappa shape index (κ3) is 7.70. The van der Waals surface area contributed by atoms with E-state index in [1.54, 1.807) is 48.1 Å². The maximum atomic E-state index is 13.8. The third-order valence-electron chi connectivity index (χ3n) is 7.87. The number of carbonyl (C=O) groups is 2. The number of nitrogens with one attached hydrogen (secondary N) is 1. The normalized spacial score (nSPS) is 13.8. The minimum atomic E-state index is -4.62. The van der Waals surface area contributed by atoms with Gasteiger partial charge < -0.3 is 19.7 Å². The number of hydrogen-bond acceptors (Lipinski definition) is 6. The second-order valence-corrected chi connectivity index (χ2v) is 11.3. The van der Waals surface area contributed by atoms with Gasteiger partial charge in [0.05, 0.1) is 68.0 Å². The van der Waals surface area contributed by atoms with Crippen LogP contribution in [0.25, 0.3) is 22.6 Å². The molecule has 0 spiro atoms. The average molecular weight is 635 g/mol. The molecule has 4 aromatic rings. The van der Waals surface area contributed by atoms with Gasteiger partial charge in [-0.05, 0) is 68.4 Å². The Morgan fingerprint density at radius 3 is 2.33 bits per heavy atom. The van der Waals surface area contributed by atoms with Crippen LogP contribution < -0.4 is 16.0 Å². The Balaban J connectivity index is 0.00000113. The second kappa shape index (κ2) is 13.8. The highest BCUT2D eigenvalue weighted by atomic mass is 19.4. The molecular formula is C33H33F3N6O4. The molecule has 0 aliphatic carbocycles. The summed E-state index contributed by atoms with van der Waals surface area (Å²) in [6.07, 6.45) is -0.818. The Kier molecular flexibility index (Phi) is 10.1. The monoisotopic (exact) mass is 634 g/mol. The molecule has 1 saturated heterocycles. The van der Waals surface area contributed by atoms with Crippen LogP contribution in [0, 0.1) is 18.3 Å². The summed E-state index contributed by atoms with van der Waals surface area (Å²) in [5.41, 5.74) is 0.546. The molecule has 46 heavy (non-hydrogen) atoms. The second-order valence-electron chi connectivity index (χ2n) is 11.3. The lowest BCUT2D eigenvalue weighted by Gasteiger charge is -2.29. The largest absolute Gasteiger partial charge is 0.550 e. The highest BCUT2D eigenvalue weighted by Crippen LogP contribution is 2.32. The molecule has 1 fully saturated rings. The number of amides is 1. The summed E-state index contributed by atoms with van der Waals surface area (Å²) in [6.45, 7) is 5.69. The van der Waals surface area contributed by atoms with Gasteiger partial charge in [0, 0.05) is 35.8 Å². The summed E-state index contributed by atoms with van der Waals surface area (Å²) in [4.78, 5) is 36.1. The zero-order chi connectivity index (χ0) is 33.6. The lowest BCUT2D eigenvalue weighted by molar-refractivity contribution is -0.896. The Morgan fingerprint density at radius 2 is 1.72 bits per heavy atom. The zero-order valence-corrected chi connectivity index (χ0v) is 25.6. The number of alkyl halides is 3. The molecule has 240 valence electrons. The van der Waals surface area contributed by atoms with Crippen LogP contribution >= 0.6 is 0 Å². The number of benzene rings is 2. The standard InChI is InChI=1S/C31H29F3N6O2.C2H4O2/c1-21-26(28-12-13-37-39(28)24-10-8-22(20-35)9-11-24)19-27(29(41)36-14-17-40(2)15-3-4-16-40)30(42)38(21)25-7-5-6-23(18-25)31(32,33)34;1-2(3)4/h5-13,18-19H,3-4,14-17H2,1-2H3;1H3,(H,3,4). The van der Waals surface area contributed by atoms with E-state index < -0.39 is 29.2 Å². The number of rotatable bonds is 7. The number of quaternary nitrogens is 1. The van der Waals surface area contributed by atoms with Crippen LogP contribution in [0.15, 0.2) is 71.7 Å². The van der Waals surface area contributed by atoms with Crippen molar-refractivity contribution in [3.8, 4) is 28.7 Å². The first-order valence-electron chi connectivity index (χ1n) is 14.5. The maximum Gasteiger partial charge on any atom is 0.416 e. The van der Waals surface area contributed by atoms with Gasteiger partial charge in [0.25, 0.3) is 11.5 Å². The highest BCUT2D eigenvalue weighted by Gasteiger charge is 2.31. The Hall–Kier alpha value is -5.22.